The molecule has 2 nitrogen and oxygen atoms in total. The first-order chi connectivity index (χ1) is 3.33. The molecule has 0 saturated carbocycles. The van der Waals surface area contributed by atoms with E-state index in [4.69, 9.17) is 29.6 Å². The second-order valence-corrected chi connectivity index (χ2v) is 2.63. The van der Waals surface area contributed by atoms with Gasteiger partial charge >= 0.3 is 35.0 Å². The third kappa shape index (κ3) is 74.2. The Hall–Kier alpha value is 0.222. The van der Waals surface area contributed by atoms with Crippen molar-refractivity contribution >= 4 is 19.1 Å². The molecular formula is C2Cl2N2Pd. The molecule has 0 bridgehead atoms. The molecule has 0 amide bonds. The van der Waals surface area contributed by atoms with Crippen LogP contribution in [0.1, 0.15) is 0 Å². The maximum atomic E-state index is 7.26. The zero-order chi connectivity index (χ0) is 6.12. The number of halogens is 2. The van der Waals surface area contributed by atoms with Crippen LogP contribution < -0.4 is 0 Å². The molecule has 0 aliphatic carbocycles. The van der Waals surface area contributed by atoms with Gasteiger partial charge in [-0.05, 0) is 0 Å². The van der Waals surface area contributed by atoms with Gasteiger partial charge in [0.25, 0.3) is 0 Å². The average Bonchev–Trinajstić information content (AvgIpc) is 1.69. The summed E-state index contributed by atoms with van der Waals surface area (Å²) in [6.45, 7) is 0. The van der Waals surface area contributed by atoms with Crippen LogP contribution >= 0.6 is 19.1 Å². The van der Waals surface area contributed by atoms with Gasteiger partial charge in [-0.3, -0.25) is 0 Å². The monoisotopic (exact) mass is 228 g/mol. The Morgan fingerprint density at radius 2 is 1.29 bits per heavy atom. The van der Waals surface area contributed by atoms with Crippen molar-refractivity contribution in [3.8, 4) is 12.1 Å². The predicted octanol–water partition coefficient (Wildman–Crippen LogP) is 1.41. The van der Waals surface area contributed by atoms with Crippen LogP contribution in [-0.4, -0.2) is 0 Å². The molecule has 0 spiro atoms. The van der Waals surface area contributed by atoms with E-state index in [0.717, 1.165) is 0 Å². The summed E-state index contributed by atoms with van der Waals surface area (Å²) in [4.78, 5) is 0. The van der Waals surface area contributed by atoms with Crippen LogP contribution in [0, 0.1) is 22.7 Å². The molecule has 0 atom stereocenters. The van der Waals surface area contributed by atoms with E-state index < -0.39 is 0 Å². The van der Waals surface area contributed by atoms with Gasteiger partial charge in [0.05, 0.1) is 0 Å². The second-order valence-electron chi connectivity index (χ2n) is 0.269. The van der Waals surface area contributed by atoms with Crippen molar-refractivity contribution in [3.63, 3.8) is 0 Å². The summed E-state index contributed by atoms with van der Waals surface area (Å²) in [5.41, 5.74) is 0. The number of nitriles is 2. The molecule has 0 rings (SSSR count). The molecule has 0 aromatic rings. The van der Waals surface area contributed by atoms with Gasteiger partial charge in [0.2, 0.25) is 0 Å². The van der Waals surface area contributed by atoms with Gasteiger partial charge in [-0.15, -0.1) is 0 Å². The van der Waals surface area contributed by atoms with Gasteiger partial charge in [-0.2, -0.15) is 10.5 Å². The van der Waals surface area contributed by atoms with Crippen LogP contribution in [0.15, 0.2) is 0 Å². The zero-order valence-electron chi connectivity index (χ0n) is 2.97. The summed E-state index contributed by atoms with van der Waals surface area (Å²) in [5, 5.41) is 14.5. The first kappa shape index (κ1) is 10.3. The third-order valence-corrected chi connectivity index (χ3v) is 0.0500. The van der Waals surface area contributed by atoms with Crippen LogP contribution in [0.3, 0.4) is 0 Å². The number of hydrogen-bond donors (Lipinski definition) is 0. The molecular weight excluding hydrogens is 229 g/mol. The Labute approximate surface area is 57.7 Å². The van der Waals surface area contributed by atoms with E-state index in [1.54, 1.807) is 0 Å². The summed E-state index contributed by atoms with van der Waals surface area (Å²) in [7, 11) is 9.63. The molecule has 0 heterocycles. The molecule has 5 heteroatoms. The Morgan fingerprint density at radius 3 is 1.29 bits per heavy atom. The van der Waals surface area contributed by atoms with Crippen molar-refractivity contribution in [3.05, 3.63) is 0 Å². The molecule has 42 valence electrons. The normalized spacial score (nSPS) is 4.57. The van der Waals surface area contributed by atoms with Crippen LogP contribution in [0.4, 0.5) is 0 Å². The Balaban J connectivity index is 0. The van der Waals surface area contributed by atoms with E-state index in [2.05, 4.69) is 0 Å². The van der Waals surface area contributed by atoms with Gasteiger partial charge in [-0.1, -0.05) is 0 Å². The van der Waals surface area contributed by atoms with Crippen LogP contribution in [0.5, 0.6) is 0 Å². The standard InChI is InChI=1S/C2N2.2ClH.Pd/c3-1-2-4;;;/h;2*1H;/q;;;+2/p-2. The minimum atomic E-state index is -0.106. The first-order valence-electron chi connectivity index (χ1n) is 0.936. The van der Waals surface area contributed by atoms with Crippen molar-refractivity contribution in [1.82, 2.24) is 0 Å². The maximum absolute atomic E-state index is 7.26. The van der Waals surface area contributed by atoms with Crippen LogP contribution in [-0.2, 0) is 15.9 Å². The molecule has 0 aliphatic heterocycles. The molecule has 7 heavy (non-hydrogen) atoms. The molecule has 0 radical (unpaired) electrons. The van der Waals surface area contributed by atoms with E-state index in [0.29, 0.717) is 0 Å². The fourth-order valence-corrected chi connectivity index (χ4v) is 0. The quantitative estimate of drug-likeness (QED) is 0.590. The topological polar surface area (TPSA) is 47.6 Å². The fraction of sp³-hybridized carbons (Fsp3) is 0. The van der Waals surface area contributed by atoms with Gasteiger partial charge < -0.3 is 0 Å². The second kappa shape index (κ2) is 16.3. The Kier molecular flexibility index (Phi) is 23.9. The van der Waals surface area contributed by atoms with Crippen molar-refractivity contribution in [1.29, 1.82) is 10.5 Å². The average molecular weight is 229 g/mol. The zero-order valence-corrected chi connectivity index (χ0v) is 6.03. The van der Waals surface area contributed by atoms with Gasteiger partial charge in [0.15, 0.2) is 12.1 Å². The summed E-state index contributed by atoms with van der Waals surface area (Å²) >= 11 is -0.106. The number of nitrogens with zero attached hydrogens (tertiary/aromatic N) is 2. The van der Waals surface area contributed by atoms with E-state index in [1.165, 1.54) is 12.1 Å². The number of rotatable bonds is 0. The van der Waals surface area contributed by atoms with E-state index in [1.807, 2.05) is 0 Å². The molecule has 0 N–H and O–H groups in total. The SMILES string of the molecule is N#CC#N.[Cl][Pd][Cl]. The van der Waals surface area contributed by atoms with Crippen molar-refractivity contribution in [2.45, 2.75) is 0 Å². The van der Waals surface area contributed by atoms with Crippen molar-refractivity contribution < 1.29 is 15.9 Å². The molecule has 0 aromatic carbocycles. The number of hydrogen-bond acceptors (Lipinski definition) is 2. The summed E-state index contributed by atoms with van der Waals surface area (Å²) in [6, 6.07) is 2.47. The molecule has 0 aromatic heterocycles. The van der Waals surface area contributed by atoms with Crippen molar-refractivity contribution in [2.75, 3.05) is 0 Å². The van der Waals surface area contributed by atoms with Gasteiger partial charge in [0.1, 0.15) is 0 Å². The van der Waals surface area contributed by atoms with Gasteiger partial charge in [-0.25, -0.2) is 0 Å². The van der Waals surface area contributed by atoms with Gasteiger partial charge in [0, 0.05) is 0 Å². The molecule has 0 saturated heterocycles. The summed E-state index contributed by atoms with van der Waals surface area (Å²) in [6.07, 6.45) is 0. The van der Waals surface area contributed by atoms with E-state index >= 15 is 0 Å². The predicted molar refractivity (Wildman–Crippen MR) is 22.9 cm³/mol. The van der Waals surface area contributed by atoms with Crippen molar-refractivity contribution in [2.24, 2.45) is 0 Å². The van der Waals surface area contributed by atoms with E-state index in [-0.39, 0.29) is 15.9 Å². The fourth-order valence-electron chi connectivity index (χ4n) is 0. The minimum absolute atomic E-state index is 0.106. The molecule has 0 unspecified atom stereocenters. The Bertz CT molecular complexity index is 78.8. The molecule has 0 aliphatic rings. The third-order valence-electron chi connectivity index (χ3n) is 0.0500. The van der Waals surface area contributed by atoms with Crippen LogP contribution in [0.2, 0.25) is 0 Å². The molecule has 0 fully saturated rings. The van der Waals surface area contributed by atoms with Crippen LogP contribution in [0.25, 0.3) is 0 Å². The Morgan fingerprint density at radius 1 is 1.14 bits per heavy atom. The summed E-state index contributed by atoms with van der Waals surface area (Å²) < 4.78 is 0. The first-order valence-corrected chi connectivity index (χ1v) is 4.94. The van der Waals surface area contributed by atoms with E-state index in [9.17, 15) is 0 Å². The summed E-state index contributed by atoms with van der Waals surface area (Å²) in [5.74, 6) is 0.